The summed E-state index contributed by atoms with van der Waals surface area (Å²) in [6.45, 7) is 0. The monoisotopic (exact) mass is 358 g/mol. The maximum Gasteiger partial charge on any atom is 0.223 e. The molecule has 0 fully saturated rings. The van der Waals surface area contributed by atoms with Crippen LogP contribution in [0.5, 0.6) is 5.75 Å². The fourth-order valence-corrected chi connectivity index (χ4v) is 2.81. The molecule has 27 heavy (non-hydrogen) atoms. The van der Waals surface area contributed by atoms with Crippen LogP contribution in [-0.2, 0) is 0 Å². The van der Waals surface area contributed by atoms with Crippen LogP contribution in [0.25, 0.3) is 17.2 Å². The lowest BCUT2D eigenvalue weighted by Crippen LogP contribution is -2.06. The third-order valence-corrected chi connectivity index (χ3v) is 4.15. The van der Waals surface area contributed by atoms with Gasteiger partial charge in [-0.3, -0.25) is 9.98 Å². The van der Waals surface area contributed by atoms with Gasteiger partial charge in [-0.15, -0.1) is 15.0 Å². The Balaban J connectivity index is 1.67. The van der Waals surface area contributed by atoms with Crippen molar-refractivity contribution in [2.24, 2.45) is 4.99 Å². The molecule has 0 aliphatic carbocycles. The van der Waals surface area contributed by atoms with Gasteiger partial charge in [0.1, 0.15) is 11.4 Å². The molecule has 0 unspecified atom stereocenters. The summed E-state index contributed by atoms with van der Waals surface area (Å²) < 4.78 is 5.60. The Morgan fingerprint density at radius 2 is 2.07 bits per heavy atom. The van der Waals surface area contributed by atoms with E-state index in [1.54, 1.807) is 19.5 Å². The van der Waals surface area contributed by atoms with E-state index in [0.29, 0.717) is 11.5 Å². The molecule has 2 aromatic heterocycles. The van der Waals surface area contributed by atoms with Crippen LogP contribution < -0.4 is 4.74 Å². The molecule has 0 amide bonds. The van der Waals surface area contributed by atoms with Crippen molar-refractivity contribution in [2.45, 2.75) is 12.8 Å². The lowest BCUT2D eigenvalue weighted by atomic mass is 10.0. The first-order valence-corrected chi connectivity index (χ1v) is 8.64. The summed E-state index contributed by atoms with van der Waals surface area (Å²) in [5, 5.41) is 12.7. The third-order valence-electron chi connectivity index (χ3n) is 4.15. The Labute approximate surface area is 156 Å². The molecule has 0 radical (unpaired) electrons. The molecule has 0 atom stereocenters. The Morgan fingerprint density at radius 3 is 2.93 bits per heavy atom. The van der Waals surface area contributed by atoms with Gasteiger partial charge < -0.3 is 4.74 Å². The maximum absolute atomic E-state index is 5.60. The van der Waals surface area contributed by atoms with Gasteiger partial charge in [0.15, 0.2) is 0 Å². The summed E-state index contributed by atoms with van der Waals surface area (Å²) in [7, 11) is 1.65. The zero-order valence-electron chi connectivity index (χ0n) is 14.9. The molecule has 0 saturated carbocycles. The Morgan fingerprint density at radius 1 is 1.11 bits per heavy atom. The molecule has 3 aromatic rings. The number of nitrogens with zero attached hydrogens (tertiary/aromatic N) is 6. The van der Waals surface area contributed by atoms with Gasteiger partial charge in [0.2, 0.25) is 5.82 Å². The third kappa shape index (κ3) is 3.67. The largest absolute Gasteiger partial charge is 0.496 e. The molecule has 1 aliphatic rings. The van der Waals surface area contributed by atoms with E-state index in [1.165, 1.54) is 4.80 Å². The number of allylic oxidation sites excluding steroid dienone is 3. The molecular weight excluding hydrogens is 340 g/mol. The first kappa shape index (κ1) is 16.8. The highest BCUT2D eigenvalue weighted by atomic mass is 16.5. The minimum Gasteiger partial charge on any atom is -0.496 e. The van der Waals surface area contributed by atoms with Crippen molar-refractivity contribution in [1.29, 1.82) is 0 Å². The van der Waals surface area contributed by atoms with Gasteiger partial charge in [-0.05, 0) is 48.4 Å². The van der Waals surface area contributed by atoms with Crippen molar-refractivity contribution in [3.8, 4) is 23.0 Å². The topological polar surface area (TPSA) is 78.1 Å². The standard InChI is InChI=1S/C20H18N6O/c1-27-19-14-15(10-11-16(19)17-8-4-2-3-6-12-21-17)26-24-20(23-25-26)18-9-5-7-13-22-18/h2-3,5-7,9-14H,4,8H2,1H3/b3-2-,12-6-,21-17?. The maximum atomic E-state index is 5.60. The second-order valence-electron chi connectivity index (χ2n) is 5.89. The van der Waals surface area contributed by atoms with E-state index in [9.17, 15) is 0 Å². The molecule has 7 nitrogen and oxygen atoms in total. The number of tetrazole rings is 1. The molecular formula is C20H18N6O. The van der Waals surface area contributed by atoms with Crippen molar-refractivity contribution >= 4 is 5.71 Å². The van der Waals surface area contributed by atoms with E-state index < -0.39 is 0 Å². The van der Waals surface area contributed by atoms with E-state index in [-0.39, 0.29) is 0 Å². The van der Waals surface area contributed by atoms with E-state index in [4.69, 9.17) is 4.74 Å². The minimum absolute atomic E-state index is 0.472. The summed E-state index contributed by atoms with van der Waals surface area (Å²) >= 11 is 0. The number of hydrogen-bond acceptors (Lipinski definition) is 6. The molecule has 0 bridgehead atoms. The normalized spacial score (nSPS) is 16.1. The lowest BCUT2D eigenvalue weighted by molar-refractivity contribution is 0.413. The number of aromatic nitrogens is 5. The molecule has 0 N–H and O–H groups in total. The Bertz CT molecular complexity index is 1020. The fourth-order valence-electron chi connectivity index (χ4n) is 2.81. The molecule has 0 spiro atoms. The summed E-state index contributed by atoms with van der Waals surface area (Å²) in [5.41, 5.74) is 3.38. The van der Waals surface area contributed by atoms with Crippen LogP contribution in [0.4, 0.5) is 0 Å². The fraction of sp³-hybridized carbons (Fsp3) is 0.150. The van der Waals surface area contributed by atoms with Crippen molar-refractivity contribution in [3.05, 3.63) is 72.6 Å². The van der Waals surface area contributed by atoms with Gasteiger partial charge in [-0.25, -0.2) is 0 Å². The van der Waals surface area contributed by atoms with Gasteiger partial charge in [-0.1, -0.05) is 18.2 Å². The van der Waals surface area contributed by atoms with Crippen LogP contribution >= 0.6 is 0 Å². The number of rotatable bonds is 4. The van der Waals surface area contributed by atoms with Gasteiger partial charge in [0.25, 0.3) is 0 Å². The average Bonchev–Trinajstić information content (AvgIpc) is 3.18. The number of aliphatic imine (C=N–C) groups is 1. The quantitative estimate of drug-likeness (QED) is 0.714. The zero-order chi connectivity index (χ0) is 18.5. The summed E-state index contributed by atoms with van der Waals surface area (Å²) in [5.74, 6) is 1.20. The average molecular weight is 358 g/mol. The molecule has 1 aliphatic heterocycles. The summed E-state index contributed by atoms with van der Waals surface area (Å²) in [6, 6.07) is 11.4. The van der Waals surface area contributed by atoms with Crippen LogP contribution in [0.15, 0.2) is 72.0 Å². The van der Waals surface area contributed by atoms with Crippen molar-refractivity contribution in [1.82, 2.24) is 25.2 Å². The second-order valence-corrected chi connectivity index (χ2v) is 5.89. The number of benzene rings is 1. The van der Waals surface area contributed by atoms with E-state index in [1.807, 2.05) is 48.6 Å². The van der Waals surface area contributed by atoms with Gasteiger partial charge >= 0.3 is 0 Å². The molecule has 3 heterocycles. The number of pyridine rings is 1. The second kappa shape index (κ2) is 7.74. The predicted molar refractivity (Wildman–Crippen MR) is 103 cm³/mol. The number of ether oxygens (including phenoxy) is 1. The van der Waals surface area contributed by atoms with Crippen LogP contribution in [-0.4, -0.2) is 38.0 Å². The summed E-state index contributed by atoms with van der Waals surface area (Å²) in [4.78, 5) is 10.3. The Kier molecular flexibility index (Phi) is 4.82. The molecule has 0 saturated heterocycles. The molecule has 4 rings (SSSR count). The highest BCUT2D eigenvalue weighted by Crippen LogP contribution is 2.25. The minimum atomic E-state index is 0.472. The molecule has 1 aromatic carbocycles. The number of methoxy groups -OCH3 is 1. The van der Waals surface area contributed by atoms with Crippen molar-refractivity contribution < 1.29 is 4.74 Å². The van der Waals surface area contributed by atoms with E-state index in [0.717, 1.165) is 35.6 Å². The van der Waals surface area contributed by atoms with E-state index >= 15 is 0 Å². The zero-order valence-corrected chi connectivity index (χ0v) is 14.9. The highest BCUT2D eigenvalue weighted by molar-refractivity contribution is 6.03. The van der Waals surface area contributed by atoms with Gasteiger partial charge in [0.05, 0.1) is 18.5 Å². The predicted octanol–water partition coefficient (Wildman–Crippen LogP) is 3.39. The Hall–Kier alpha value is -3.61. The van der Waals surface area contributed by atoms with Gasteiger partial charge in [0, 0.05) is 24.0 Å². The first-order chi connectivity index (χ1) is 13.3. The van der Waals surface area contributed by atoms with Crippen molar-refractivity contribution in [2.75, 3.05) is 7.11 Å². The van der Waals surface area contributed by atoms with Crippen LogP contribution in [0, 0.1) is 0 Å². The lowest BCUT2D eigenvalue weighted by Gasteiger charge is -2.12. The molecule has 134 valence electrons. The smallest absolute Gasteiger partial charge is 0.223 e. The van der Waals surface area contributed by atoms with Gasteiger partial charge in [-0.2, -0.15) is 0 Å². The first-order valence-electron chi connectivity index (χ1n) is 8.64. The highest BCUT2D eigenvalue weighted by Gasteiger charge is 2.14. The van der Waals surface area contributed by atoms with Crippen LogP contribution in [0.1, 0.15) is 18.4 Å². The van der Waals surface area contributed by atoms with Crippen molar-refractivity contribution in [3.63, 3.8) is 0 Å². The molecule has 7 heteroatoms. The van der Waals surface area contributed by atoms with E-state index in [2.05, 4.69) is 31.5 Å². The summed E-state index contributed by atoms with van der Waals surface area (Å²) in [6.07, 6.45) is 11.4. The number of hydrogen-bond donors (Lipinski definition) is 0. The van der Waals surface area contributed by atoms with Crippen LogP contribution in [0.2, 0.25) is 0 Å². The SMILES string of the molecule is COc1cc(-n2nnc(-c3ccccn3)n2)ccc1C1=N/C=C\C=C/CC1. The van der Waals surface area contributed by atoms with Crippen LogP contribution in [0.3, 0.4) is 0 Å².